The number of likely N-dealkylation sites (tertiary alicyclic amines) is 1. The maximum Gasteiger partial charge on any atom is 0.271 e. The quantitative estimate of drug-likeness (QED) is 0.382. The third-order valence-corrected chi connectivity index (χ3v) is 5.21. The minimum atomic E-state index is -0.916. The number of aromatic nitrogens is 2. The molecule has 0 saturated carbocycles. The lowest BCUT2D eigenvalue weighted by Gasteiger charge is -2.29. The molecule has 0 radical (unpaired) electrons. The van der Waals surface area contributed by atoms with Gasteiger partial charge in [-0.25, -0.2) is 18.7 Å². The molecule has 1 aliphatic heterocycles. The number of nitrogens with two attached hydrogens (primary N) is 1. The molecule has 1 aliphatic rings. The van der Waals surface area contributed by atoms with Crippen molar-refractivity contribution in [1.29, 1.82) is 5.41 Å². The molecule has 0 atom stereocenters. The summed E-state index contributed by atoms with van der Waals surface area (Å²) in [4.78, 5) is 21.8. The van der Waals surface area contributed by atoms with Crippen LogP contribution >= 0.6 is 0 Å². The van der Waals surface area contributed by atoms with Gasteiger partial charge in [0.2, 0.25) is 5.95 Å². The van der Waals surface area contributed by atoms with Crippen LogP contribution in [0.15, 0.2) is 30.4 Å². The van der Waals surface area contributed by atoms with E-state index in [1.807, 2.05) is 0 Å². The van der Waals surface area contributed by atoms with Crippen molar-refractivity contribution in [2.75, 3.05) is 32.6 Å². The topological polar surface area (TPSA) is 156 Å². The summed E-state index contributed by atoms with van der Waals surface area (Å²) in [7, 11) is 2.49. The van der Waals surface area contributed by atoms with E-state index in [-0.39, 0.29) is 40.3 Å². The zero-order valence-electron chi connectivity index (χ0n) is 19.2. The van der Waals surface area contributed by atoms with Gasteiger partial charge in [-0.2, -0.15) is 0 Å². The van der Waals surface area contributed by atoms with Crippen LogP contribution in [0, 0.1) is 17.0 Å². The van der Waals surface area contributed by atoms with Gasteiger partial charge in [0.15, 0.2) is 28.9 Å². The summed E-state index contributed by atoms with van der Waals surface area (Å²) in [5, 5.41) is 20.1. The highest BCUT2D eigenvalue weighted by atomic mass is 19.1. The van der Waals surface area contributed by atoms with E-state index in [2.05, 4.69) is 15.3 Å². The molecule has 5 N–H and O–H groups in total. The lowest BCUT2D eigenvalue weighted by Crippen LogP contribution is -2.43. The Kier molecular flexibility index (Phi) is 8.36. The van der Waals surface area contributed by atoms with Gasteiger partial charge in [-0.05, 0) is 12.8 Å². The Bertz CT molecular complexity index is 1080. The molecule has 35 heavy (non-hydrogen) atoms. The van der Waals surface area contributed by atoms with E-state index in [1.54, 1.807) is 0 Å². The van der Waals surface area contributed by atoms with Gasteiger partial charge in [-0.1, -0.05) is 0 Å². The zero-order chi connectivity index (χ0) is 25.5. The summed E-state index contributed by atoms with van der Waals surface area (Å²) >= 11 is 0. The summed E-state index contributed by atoms with van der Waals surface area (Å²) in [5.74, 6) is -2.59. The Labute approximate surface area is 200 Å². The number of benzene rings is 1. The summed E-state index contributed by atoms with van der Waals surface area (Å²) < 4.78 is 44.1. The summed E-state index contributed by atoms with van der Waals surface area (Å²) in [6.07, 6.45) is 4.14. The first-order valence-corrected chi connectivity index (χ1v) is 10.6. The van der Waals surface area contributed by atoms with Gasteiger partial charge in [0.25, 0.3) is 5.91 Å². The number of aliphatic hydroxyl groups is 1. The van der Waals surface area contributed by atoms with Crippen LogP contribution in [0.3, 0.4) is 0 Å². The van der Waals surface area contributed by atoms with Crippen LogP contribution in [-0.2, 0) is 11.4 Å². The van der Waals surface area contributed by atoms with Crippen molar-refractivity contribution >= 4 is 17.6 Å². The van der Waals surface area contributed by atoms with E-state index >= 15 is 0 Å². The van der Waals surface area contributed by atoms with Gasteiger partial charge in [-0.15, -0.1) is 0 Å². The van der Waals surface area contributed by atoms with Crippen LogP contribution in [-0.4, -0.2) is 65.0 Å². The number of carbonyl (C=O) groups excluding carboxylic acids is 1. The van der Waals surface area contributed by atoms with Gasteiger partial charge >= 0.3 is 0 Å². The van der Waals surface area contributed by atoms with Crippen molar-refractivity contribution in [2.45, 2.75) is 25.6 Å². The van der Waals surface area contributed by atoms with Gasteiger partial charge < -0.3 is 35.3 Å². The molecule has 2 heterocycles. The predicted molar refractivity (Wildman–Crippen MR) is 121 cm³/mol. The van der Waals surface area contributed by atoms with Crippen LogP contribution < -0.4 is 25.3 Å². The third kappa shape index (κ3) is 6.32. The number of hydrogen-bond donors (Lipinski definition) is 4. The van der Waals surface area contributed by atoms with E-state index in [1.165, 1.54) is 31.5 Å². The highest BCUT2D eigenvalue weighted by Gasteiger charge is 2.23. The highest BCUT2D eigenvalue weighted by molar-refractivity contribution is 6.42. The maximum absolute atomic E-state index is 14.4. The largest absolute Gasteiger partial charge is 0.494 e. The molecule has 0 unspecified atom stereocenters. The van der Waals surface area contributed by atoms with Crippen LogP contribution in [0.2, 0.25) is 0 Å². The number of halogens is 2. The molecule has 1 amide bonds. The summed E-state index contributed by atoms with van der Waals surface area (Å²) in [5.41, 5.74) is 5.12. The van der Waals surface area contributed by atoms with E-state index in [4.69, 9.17) is 25.4 Å². The molecule has 0 bridgehead atoms. The average molecular weight is 492 g/mol. The molecule has 13 heteroatoms. The van der Waals surface area contributed by atoms with Gasteiger partial charge in [-0.3, -0.25) is 10.2 Å². The van der Waals surface area contributed by atoms with E-state index in [0.717, 1.165) is 12.1 Å². The lowest BCUT2D eigenvalue weighted by molar-refractivity contribution is -0.125. The molecule has 188 valence electrons. The summed E-state index contributed by atoms with van der Waals surface area (Å²) in [6, 6.07) is 1.10. The fourth-order valence-electron chi connectivity index (χ4n) is 3.30. The minimum Gasteiger partial charge on any atom is -0.494 e. The first-order valence-electron chi connectivity index (χ1n) is 10.6. The van der Waals surface area contributed by atoms with Crippen LogP contribution in [0.5, 0.6) is 17.2 Å². The van der Waals surface area contributed by atoms with Gasteiger partial charge in [0, 0.05) is 25.2 Å². The Hall–Kier alpha value is -4.00. The Balaban J connectivity index is 1.59. The number of methoxy groups -OCH3 is 2. The highest BCUT2D eigenvalue weighted by Crippen LogP contribution is 2.31. The lowest BCUT2D eigenvalue weighted by atomic mass is 10.1. The fourth-order valence-corrected chi connectivity index (χ4v) is 3.30. The smallest absolute Gasteiger partial charge is 0.271 e. The van der Waals surface area contributed by atoms with Crippen molar-refractivity contribution in [1.82, 2.24) is 14.9 Å². The molecular weight excluding hydrogens is 466 g/mol. The van der Waals surface area contributed by atoms with Crippen LogP contribution in [0.4, 0.5) is 14.7 Å². The fraction of sp³-hybridized carbons (Fsp3) is 0.364. The third-order valence-electron chi connectivity index (χ3n) is 5.21. The number of nitrogens with one attached hydrogen (secondary N) is 2. The number of anilines is 1. The molecule has 1 saturated heterocycles. The van der Waals surface area contributed by atoms with Crippen molar-refractivity contribution in [3.05, 3.63) is 47.6 Å². The molecule has 0 spiro atoms. The number of rotatable bonds is 9. The zero-order valence-corrected chi connectivity index (χ0v) is 19.2. The second-order valence-electron chi connectivity index (χ2n) is 7.58. The molecule has 1 aromatic carbocycles. The number of nitrogens with zero attached hydrogens (tertiary/aromatic N) is 3. The molecule has 3 rings (SSSR count). The van der Waals surface area contributed by atoms with E-state index < -0.39 is 30.3 Å². The predicted octanol–water partition coefficient (Wildman–Crippen LogP) is 1.57. The first kappa shape index (κ1) is 25.6. The van der Waals surface area contributed by atoms with E-state index in [0.29, 0.717) is 25.9 Å². The van der Waals surface area contributed by atoms with Gasteiger partial charge in [0.1, 0.15) is 18.1 Å². The Morgan fingerprint density at radius 3 is 2.34 bits per heavy atom. The molecule has 2 aromatic rings. The van der Waals surface area contributed by atoms with Crippen molar-refractivity contribution in [3.63, 3.8) is 0 Å². The Morgan fingerprint density at radius 2 is 1.80 bits per heavy atom. The Morgan fingerprint density at radius 1 is 1.23 bits per heavy atom. The molecule has 1 fully saturated rings. The molecule has 11 nitrogen and oxygen atoms in total. The second-order valence-corrected chi connectivity index (χ2v) is 7.58. The maximum atomic E-state index is 14.4. The van der Waals surface area contributed by atoms with Crippen LogP contribution in [0.1, 0.15) is 18.4 Å². The SMILES string of the molecule is COc1cc(OC)c(F)c(COc2cnc(N/C(N)=C/C(=N)C(=O)N3CCC(O)CC3)nc2)c1F. The number of carbonyl (C=O) groups is 1. The van der Waals surface area contributed by atoms with E-state index in [9.17, 15) is 18.7 Å². The molecule has 0 aliphatic carbocycles. The van der Waals surface area contributed by atoms with Crippen molar-refractivity contribution < 1.29 is 32.9 Å². The molecular formula is C22H26F2N6O5. The average Bonchev–Trinajstić information content (AvgIpc) is 2.85. The van der Waals surface area contributed by atoms with Gasteiger partial charge in [0.05, 0.1) is 38.3 Å². The monoisotopic (exact) mass is 492 g/mol. The van der Waals surface area contributed by atoms with Crippen LogP contribution in [0.25, 0.3) is 0 Å². The first-order chi connectivity index (χ1) is 16.7. The normalized spacial score (nSPS) is 14.4. The number of aliphatic hydroxyl groups excluding tert-OH is 1. The number of hydrogen-bond acceptors (Lipinski definition) is 10. The minimum absolute atomic E-state index is 0.0401. The van der Waals surface area contributed by atoms with Crippen molar-refractivity contribution in [3.8, 4) is 17.2 Å². The number of piperidine rings is 1. The number of ether oxygens (including phenoxy) is 3. The second kappa shape index (κ2) is 11.4. The summed E-state index contributed by atoms with van der Waals surface area (Å²) in [6.45, 7) is 0.255. The standard InChI is InChI=1S/C22H26F2N6O5/c1-33-16-8-17(34-2)20(24)14(19(16)23)11-35-13-9-27-22(28-10-13)29-18(26)7-15(25)21(32)30-5-3-12(31)4-6-30/h7-10,12,25,31H,3-6,11,26H2,1-2H3,(H,27,28,29)/b18-7+,25-15?. The molecule has 1 aromatic heterocycles. The van der Waals surface area contributed by atoms with Crippen molar-refractivity contribution in [2.24, 2.45) is 5.73 Å². The number of amides is 1.